The molecule has 5 nitrogen and oxygen atoms in total. The second-order valence-electron chi connectivity index (χ2n) is 6.27. The molecule has 1 amide bonds. The van der Waals surface area contributed by atoms with E-state index >= 15 is 0 Å². The van der Waals surface area contributed by atoms with Crippen LogP contribution in [0.5, 0.6) is 5.75 Å². The van der Waals surface area contributed by atoms with E-state index < -0.39 is 0 Å². The first-order valence-corrected chi connectivity index (χ1v) is 8.80. The molecule has 4 rings (SSSR count). The van der Waals surface area contributed by atoms with Gasteiger partial charge in [-0.2, -0.15) is 5.10 Å². The van der Waals surface area contributed by atoms with Gasteiger partial charge >= 0.3 is 0 Å². The number of methoxy groups -OCH3 is 1. The second-order valence-corrected chi connectivity index (χ2v) is 6.27. The molecule has 6 heteroatoms. The lowest BCUT2D eigenvalue weighted by atomic mass is 10.1. The summed E-state index contributed by atoms with van der Waals surface area (Å²) in [6, 6.07) is 19.1. The van der Waals surface area contributed by atoms with Gasteiger partial charge in [-0.1, -0.05) is 24.3 Å². The number of hydrogen-bond acceptors (Lipinski definition) is 3. The van der Waals surface area contributed by atoms with Gasteiger partial charge in [0.25, 0.3) is 5.91 Å². The Morgan fingerprint density at radius 3 is 2.64 bits per heavy atom. The van der Waals surface area contributed by atoms with E-state index in [1.54, 1.807) is 36.2 Å². The van der Waals surface area contributed by atoms with E-state index in [1.807, 2.05) is 36.4 Å². The maximum atomic E-state index is 13.2. The van der Waals surface area contributed by atoms with Crippen molar-refractivity contribution < 1.29 is 13.9 Å². The lowest BCUT2D eigenvalue weighted by molar-refractivity contribution is 0.0952. The topological polar surface area (TPSA) is 56.1 Å². The summed E-state index contributed by atoms with van der Waals surface area (Å²) in [6.07, 6.45) is 1.65. The Hall–Kier alpha value is -3.67. The summed E-state index contributed by atoms with van der Waals surface area (Å²) in [4.78, 5) is 12.8. The van der Waals surface area contributed by atoms with E-state index in [-0.39, 0.29) is 11.7 Å². The van der Waals surface area contributed by atoms with Crippen LogP contribution in [0.25, 0.3) is 16.6 Å². The quantitative estimate of drug-likeness (QED) is 0.571. The molecule has 0 saturated carbocycles. The Labute approximate surface area is 161 Å². The average Bonchev–Trinajstić information content (AvgIpc) is 3.17. The van der Waals surface area contributed by atoms with E-state index in [2.05, 4.69) is 10.4 Å². The van der Waals surface area contributed by atoms with Crippen molar-refractivity contribution in [1.82, 2.24) is 15.1 Å². The Morgan fingerprint density at radius 2 is 1.86 bits per heavy atom. The number of aromatic nitrogens is 2. The number of halogens is 1. The first kappa shape index (κ1) is 17.7. The van der Waals surface area contributed by atoms with Crippen LogP contribution in [0, 0.1) is 5.82 Å². The van der Waals surface area contributed by atoms with Gasteiger partial charge in [-0.25, -0.2) is 9.07 Å². The first-order valence-electron chi connectivity index (χ1n) is 8.80. The zero-order valence-electron chi connectivity index (χ0n) is 15.2. The van der Waals surface area contributed by atoms with Crippen molar-refractivity contribution in [3.63, 3.8) is 0 Å². The second kappa shape index (κ2) is 7.52. The molecule has 140 valence electrons. The molecule has 0 aliphatic rings. The molecule has 28 heavy (non-hydrogen) atoms. The number of carbonyl (C=O) groups excluding carboxylic acids is 1. The highest BCUT2D eigenvalue weighted by molar-refractivity contribution is 6.06. The molecule has 0 aliphatic carbocycles. The lowest BCUT2D eigenvalue weighted by Crippen LogP contribution is -2.23. The van der Waals surface area contributed by atoms with Gasteiger partial charge in [0.2, 0.25) is 0 Å². The van der Waals surface area contributed by atoms with Crippen LogP contribution >= 0.6 is 0 Å². The highest BCUT2D eigenvalue weighted by Crippen LogP contribution is 2.23. The molecule has 1 N–H and O–H groups in total. The van der Waals surface area contributed by atoms with Gasteiger partial charge in [0.15, 0.2) is 0 Å². The summed E-state index contributed by atoms with van der Waals surface area (Å²) < 4.78 is 20.2. The standard InChI is InChI=1S/C22H18FN3O2/c1-28-21-8-3-2-5-15(21)13-24-22(27)18-6-4-7-20-19(18)14-25-26(20)17-11-9-16(23)10-12-17/h2-12,14H,13H2,1H3,(H,24,27). The molecule has 0 bridgehead atoms. The van der Waals surface area contributed by atoms with E-state index in [0.717, 1.165) is 27.9 Å². The number of fused-ring (bicyclic) bond motifs is 1. The van der Waals surface area contributed by atoms with Crippen LogP contribution < -0.4 is 10.1 Å². The number of nitrogens with one attached hydrogen (secondary N) is 1. The number of benzene rings is 3. The highest BCUT2D eigenvalue weighted by Gasteiger charge is 2.14. The molecule has 0 spiro atoms. The molecule has 0 unspecified atom stereocenters. The van der Waals surface area contributed by atoms with Crippen molar-refractivity contribution >= 4 is 16.8 Å². The van der Waals surface area contributed by atoms with Crippen LogP contribution in [-0.2, 0) is 6.54 Å². The number of amides is 1. The van der Waals surface area contributed by atoms with Crippen molar-refractivity contribution in [2.24, 2.45) is 0 Å². The third kappa shape index (κ3) is 3.32. The minimum absolute atomic E-state index is 0.199. The molecule has 3 aromatic carbocycles. The Balaban J connectivity index is 1.62. The van der Waals surface area contributed by atoms with Gasteiger partial charge in [-0.3, -0.25) is 4.79 Å². The van der Waals surface area contributed by atoms with Crippen molar-refractivity contribution in [3.8, 4) is 11.4 Å². The molecule has 0 radical (unpaired) electrons. The Morgan fingerprint density at radius 1 is 1.07 bits per heavy atom. The van der Waals surface area contributed by atoms with Gasteiger partial charge in [-0.05, 0) is 42.5 Å². The van der Waals surface area contributed by atoms with E-state index in [1.165, 1.54) is 12.1 Å². The Bertz CT molecular complexity index is 1140. The van der Waals surface area contributed by atoms with Gasteiger partial charge in [0.05, 0.1) is 30.1 Å². The molecule has 0 saturated heterocycles. The van der Waals surface area contributed by atoms with Gasteiger partial charge in [-0.15, -0.1) is 0 Å². The molecule has 0 aliphatic heterocycles. The van der Waals surface area contributed by atoms with Crippen molar-refractivity contribution in [2.75, 3.05) is 7.11 Å². The van der Waals surface area contributed by atoms with Gasteiger partial charge in [0.1, 0.15) is 11.6 Å². The number of hydrogen-bond donors (Lipinski definition) is 1. The number of carbonyl (C=O) groups is 1. The molecule has 1 heterocycles. The highest BCUT2D eigenvalue weighted by atomic mass is 19.1. The third-order valence-electron chi connectivity index (χ3n) is 4.56. The first-order chi connectivity index (χ1) is 13.7. The molecule has 4 aromatic rings. The fraction of sp³-hybridized carbons (Fsp3) is 0.0909. The Kier molecular flexibility index (Phi) is 4.76. The summed E-state index contributed by atoms with van der Waals surface area (Å²) >= 11 is 0. The van der Waals surface area contributed by atoms with Gasteiger partial charge in [0, 0.05) is 17.5 Å². The minimum Gasteiger partial charge on any atom is -0.496 e. The van der Waals surface area contributed by atoms with Gasteiger partial charge < -0.3 is 10.1 Å². The van der Waals surface area contributed by atoms with Crippen molar-refractivity contribution in [2.45, 2.75) is 6.54 Å². The molecular weight excluding hydrogens is 357 g/mol. The fourth-order valence-electron chi connectivity index (χ4n) is 3.16. The summed E-state index contributed by atoms with van der Waals surface area (Å²) in [5.74, 6) is 0.219. The number of ether oxygens (including phenoxy) is 1. The smallest absolute Gasteiger partial charge is 0.252 e. The molecule has 0 fully saturated rings. The third-order valence-corrected chi connectivity index (χ3v) is 4.56. The van der Waals surface area contributed by atoms with E-state index in [0.29, 0.717) is 12.1 Å². The van der Waals surface area contributed by atoms with Crippen molar-refractivity contribution in [3.05, 3.63) is 89.9 Å². The van der Waals surface area contributed by atoms with Crippen LogP contribution in [0.1, 0.15) is 15.9 Å². The number of rotatable bonds is 5. The molecule has 0 atom stereocenters. The lowest BCUT2D eigenvalue weighted by Gasteiger charge is -2.10. The van der Waals surface area contributed by atoms with E-state index in [9.17, 15) is 9.18 Å². The van der Waals surface area contributed by atoms with Crippen LogP contribution in [0.15, 0.2) is 72.9 Å². The zero-order valence-corrected chi connectivity index (χ0v) is 15.2. The average molecular weight is 375 g/mol. The predicted molar refractivity (Wildman–Crippen MR) is 105 cm³/mol. The summed E-state index contributed by atoms with van der Waals surface area (Å²) in [5.41, 5.74) is 2.92. The van der Waals surface area contributed by atoms with Crippen LogP contribution in [0.4, 0.5) is 4.39 Å². The maximum Gasteiger partial charge on any atom is 0.252 e. The fourth-order valence-corrected chi connectivity index (χ4v) is 3.16. The zero-order chi connectivity index (χ0) is 19.5. The summed E-state index contributed by atoms with van der Waals surface area (Å²) in [5, 5.41) is 8.04. The minimum atomic E-state index is -0.309. The normalized spacial score (nSPS) is 10.8. The SMILES string of the molecule is COc1ccccc1CNC(=O)c1cccc2c1cnn2-c1ccc(F)cc1. The maximum absolute atomic E-state index is 13.2. The summed E-state index contributed by atoms with van der Waals surface area (Å²) in [6.45, 7) is 0.353. The van der Waals surface area contributed by atoms with Crippen molar-refractivity contribution in [1.29, 1.82) is 0 Å². The monoisotopic (exact) mass is 375 g/mol. The van der Waals surface area contributed by atoms with Crippen LogP contribution in [0.3, 0.4) is 0 Å². The number of nitrogens with zero attached hydrogens (tertiary/aromatic N) is 2. The molecular formula is C22H18FN3O2. The van der Waals surface area contributed by atoms with Crippen LogP contribution in [-0.4, -0.2) is 22.8 Å². The van der Waals surface area contributed by atoms with E-state index in [4.69, 9.17) is 4.74 Å². The summed E-state index contributed by atoms with van der Waals surface area (Å²) in [7, 11) is 1.60. The van der Waals surface area contributed by atoms with Crippen LogP contribution in [0.2, 0.25) is 0 Å². The predicted octanol–water partition coefficient (Wildman–Crippen LogP) is 4.10. The number of para-hydroxylation sites is 1. The largest absolute Gasteiger partial charge is 0.496 e. The molecule has 1 aromatic heterocycles.